The molecule has 1 atom stereocenters. The highest BCUT2D eigenvalue weighted by Crippen LogP contribution is 2.37. The summed E-state index contributed by atoms with van der Waals surface area (Å²) in [5, 5.41) is 0. The molecule has 4 nitrogen and oxygen atoms in total. The number of nitrogens with zero attached hydrogens (tertiary/aromatic N) is 1. The molecule has 1 amide bonds. The molecule has 0 aromatic heterocycles. The van der Waals surface area contributed by atoms with Crippen LogP contribution in [0.5, 0.6) is 0 Å². The van der Waals surface area contributed by atoms with E-state index in [4.69, 9.17) is 10.5 Å². The first kappa shape index (κ1) is 16.7. The van der Waals surface area contributed by atoms with Gasteiger partial charge in [0.15, 0.2) is 0 Å². The molecule has 1 aromatic carbocycles. The normalized spacial score (nSPS) is 18.5. The van der Waals surface area contributed by atoms with Crippen molar-refractivity contribution in [2.24, 2.45) is 11.7 Å². The Morgan fingerprint density at radius 3 is 2.27 bits per heavy atom. The van der Waals surface area contributed by atoms with Crippen molar-refractivity contribution in [3.05, 3.63) is 35.6 Å². The first-order valence-electron chi connectivity index (χ1n) is 7.60. The Bertz CT molecular complexity index is 533. The predicted molar refractivity (Wildman–Crippen MR) is 84.1 cm³/mol. The molecule has 1 fully saturated rings. The highest BCUT2D eigenvalue weighted by atomic mass is 19.1. The lowest BCUT2D eigenvalue weighted by Crippen LogP contribution is -2.60. The Morgan fingerprint density at radius 2 is 1.82 bits per heavy atom. The lowest BCUT2D eigenvalue weighted by Gasteiger charge is -2.49. The van der Waals surface area contributed by atoms with Crippen LogP contribution in [-0.4, -0.2) is 36.2 Å². The molecule has 0 bridgehead atoms. The minimum Gasteiger partial charge on any atom is -0.444 e. The summed E-state index contributed by atoms with van der Waals surface area (Å²) in [5.74, 6) is -0.0115. The first-order chi connectivity index (χ1) is 10.2. The average molecular weight is 308 g/mol. The topological polar surface area (TPSA) is 55.6 Å². The van der Waals surface area contributed by atoms with Gasteiger partial charge >= 0.3 is 6.09 Å². The van der Waals surface area contributed by atoms with Crippen molar-refractivity contribution < 1.29 is 13.9 Å². The number of rotatable bonds is 3. The van der Waals surface area contributed by atoms with Gasteiger partial charge in [-0.15, -0.1) is 0 Å². The van der Waals surface area contributed by atoms with Gasteiger partial charge in [0, 0.05) is 31.0 Å². The molecule has 22 heavy (non-hydrogen) atoms. The van der Waals surface area contributed by atoms with Crippen LogP contribution < -0.4 is 5.73 Å². The molecule has 1 saturated heterocycles. The second-order valence-corrected chi connectivity index (χ2v) is 7.21. The van der Waals surface area contributed by atoms with E-state index in [9.17, 15) is 9.18 Å². The molecule has 0 radical (unpaired) electrons. The fourth-order valence-corrected chi connectivity index (χ4v) is 2.71. The molecule has 0 saturated carbocycles. The molecular weight excluding hydrogens is 283 g/mol. The van der Waals surface area contributed by atoms with E-state index in [1.54, 1.807) is 17.0 Å². The molecule has 5 heteroatoms. The fraction of sp³-hybridized carbons (Fsp3) is 0.588. The van der Waals surface area contributed by atoms with Gasteiger partial charge < -0.3 is 15.4 Å². The second-order valence-electron chi connectivity index (χ2n) is 7.21. The summed E-state index contributed by atoms with van der Waals surface area (Å²) in [6.45, 7) is 9.29. The van der Waals surface area contributed by atoms with Crippen LogP contribution >= 0.6 is 0 Å². The highest BCUT2D eigenvalue weighted by molar-refractivity contribution is 5.69. The molecule has 2 N–H and O–H groups in total. The number of likely N-dealkylation sites (tertiary alicyclic amines) is 1. The lowest BCUT2D eigenvalue weighted by atomic mass is 9.68. The van der Waals surface area contributed by atoms with Crippen LogP contribution in [0.3, 0.4) is 0 Å². The highest BCUT2D eigenvalue weighted by Gasteiger charge is 2.44. The summed E-state index contributed by atoms with van der Waals surface area (Å²) < 4.78 is 18.5. The van der Waals surface area contributed by atoms with Gasteiger partial charge in [-0.2, -0.15) is 0 Å². The third-order valence-corrected chi connectivity index (χ3v) is 4.36. The van der Waals surface area contributed by atoms with Crippen LogP contribution in [0.4, 0.5) is 9.18 Å². The zero-order valence-corrected chi connectivity index (χ0v) is 13.7. The number of halogens is 1. The van der Waals surface area contributed by atoms with E-state index in [0.717, 1.165) is 5.56 Å². The SMILES string of the molecule is CC(C)(C)OC(=O)N1CC(C(C)(CN)c2ccc(F)cc2)C1. The smallest absolute Gasteiger partial charge is 0.410 e. The van der Waals surface area contributed by atoms with E-state index in [2.05, 4.69) is 6.92 Å². The predicted octanol–water partition coefficient (Wildman–Crippen LogP) is 2.91. The van der Waals surface area contributed by atoms with Crippen molar-refractivity contribution >= 4 is 6.09 Å². The van der Waals surface area contributed by atoms with Crippen LogP contribution in [0.2, 0.25) is 0 Å². The summed E-state index contributed by atoms with van der Waals surface area (Å²) in [5.41, 5.74) is 6.23. The number of carbonyl (C=O) groups is 1. The monoisotopic (exact) mass is 308 g/mol. The van der Waals surface area contributed by atoms with E-state index in [-0.39, 0.29) is 23.2 Å². The van der Waals surface area contributed by atoms with E-state index >= 15 is 0 Å². The van der Waals surface area contributed by atoms with Gasteiger partial charge in [0.1, 0.15) is 11.4 Å². The molecule has 0 aliphatic carbocycles. The molecule has 1 aliphatic rings. The van der Waals surface area contributed by atoms with Crippen LogP contribution in [0.15, 0.2) is 24.3 Å². The lowest BCUT2D eigenvalue weighted by molar-refractivity contribution is -0.0135. The zero-order chi connectivity index (χ0) is 16.5. The van der Waals surface area contributed by atoms with Gasteiger partial charge in [0.25, 0.3) is 0 Å². The number of hydrogen-bond acceptors (Lipinski definition) is 3. The van der Waals surface area contributed by atoms with Gasteiger partial charge in [-0.1, -0.05) is 19.1 Å². The minimum absolute atomic E-state index is 0.246. The first-order valence-corrected chi connectivity index (χ1v) is 7.60. The Kier molecular flexibility index (Phi) is 4.47. The Labute approximate surface area is 131 Å². The Hall–Kier alpha value is -1.62. The van der Waals surface area contributed by atoms with Crippen LogP contribution in [0.1, 0.15) is 33.3 Å². The number of carbonyl (C=O) groups excluding carboxylic acids is 1. The maximum Gasteiger partial charge on any atom is 0.410 e. The third kappa shape index (κ3) is 3.40. The van der Waals surface area contributed by atoms with E-state index < -0.39 is 5.60 Å². The van der Waals surface area contributed by atoms with Crippen molar-refractivity contribution in [1.82, 2.24) is 4.90 Å². The van der Waals surface area contributed by atoms with Crippen LogP contribution in [0.25, 0.3) is 0 Å². The minimum atomic E-state index is -0.490. The largest absolute Gasteiger partial charge is 0.444 e. The summed E-state index contributed by atoms with van der Waals surface area (Å²) in [7, 11) is 0. The molecule has 1 unspecified atom stereocenters. The van der Waals surface area contributed by atoms with Gasteiger partial charge in [-0.25, -0.2) is 9.18 Å². The standard InChI is InChI=1S/C17H25FN2O2/c1-16(2,3)22-15(21)20-9-13(10-20)17(4,11-19)12-5-7-14(18)8-6-12/h5-8,13H,9-11,19H2,1-4H3. The van der Waals surface area contributed by atoms with E-state index in [1.807, 2.05) is 20.8 Å². The van der Waals surface area contributed by atoms with Crippen LogP contribution in [0, 0.1) is 11.7 Å². The van der Waals surface area contributed by atoms with Crippen molar-refractivity contribution in [2.75, 3.05) is 19.6 Å². The molecule has 1 heterocycles. The van der Waals surface area contributed by atoms with Gasteiger partial charge in [0.05, 0.1) is 0 Å². The molecular formula is C17H25FN2O2. The Morgan fingerprint density at radius 1 is 1.27 bits per heavy atom. The maximum absolute atomic E-state index is 13.1. The van der Waals surface area contributed by atoms with Crippen molar-refractivity contribution in [3.8, 4) is 0 Å². The van der Waals surface area contributed by atoms with Gasteiger partial charge in [0.2, 0.25) is 0 Å². The molecule has 122 valence electrons. The molecule has 0 spiro atoms. The van der Waals surface area contributed by atoms with E-state index in [1.165, 1.54) is 12.1 Å². The second kappa shape index (κ2) is 5.88. The average Bonchev–Trinajstić information content (AvgIpc) is 2.35. The maximum atomic E-state index is 13.1. The summed E-state index contributed by atoms with van der Waals surface area (Å²) in [6, 6.07) is 6.46. The van der Waals surface area contributed by atoms with E-state index in [0.29, 0.717) is 19.6 Å². The summed E-state index contributed by atoms with van der Waals surface area (Å²) in [6.07, 6.45) is -0.290. The number of nitrogens with two attached hydrogens (primary N) is 1. The number of benzene rings is 1. The van der Waals surface area contributed by atoms with Crippen molar-refractivity contribution in [2.45, 2.75) is 38.7 Å². The fourth-order valence-electron chi connectivity index (χ4n) is 2.71. The number of amides is 1. The van der Waals surface area contributed by atoms with Gasteiger partial charge in [-0.3, -0.25) is 0 Å². The summed E-state index contributed by atoms with van der Waals surface area (Å²) in [4.78, 5) is 13.7. The Balaban J connectivity index is 2.03. The molecule has 2 rings (SSSR count). The molecule has 1 aromatic rings. The quantitative estimate of drug-likeness (QED) is 0.934. The summed E-state index contributed by atoms with van der Waals surface area (Å²) >= 11 is 0. The number of ether oxygens (including phenoxy) is 1. The number of hydrogen-bond donors (Lipinski definition) is 1. The van der Waals surface area contributed by atoms with Crippen molar-refractivity contribution in [1.29, 1.82) is 0 Å². The van der Waals surface area contributed by atoms with Gasteiger partial charge in [-0.05, 0) is 38.5 Å². The zero-order valence-electron chi connectivity index (χ0n) is 13.7. The third-order valence-electron chi connectivity index (χ3n) is 4.36. The van der Waals surface area contributed by atoms with Crippen molar-refractivity contribution in [3.63, 3.8) is 0 Å². The van der Waals surface area contributed by atoms with Crippen LogP contribution in [-0.2, 0) is 10.2 Å². The molecule has 1 aliphatic heterocycles.